The minimum atomic E-state index is -0.400. The standard InChI is InChI=1S/C32H27BO3/c1-31(2)32(3,4)36-33(35-31)28-11-7-10-20-12-13-23(16-25(20)28)24-14-15-29-26(18-24)27-17-21-8-5-6-9-22(21)19-30(27)34-29/h5-19H,1-4H3. The van der Waals surface area contributed by atoms with Crippen molar-refractivity contribution in [2.24, 2.45) is 0 Å². The van der Waals surface area contributed by atoms with E-state index in [1.165, 1.54) is 16.2 Å². The molecule has 0 spiro atoms. The second-order valence-corrected chi connectivity index (χ2v) is 10.9. The molecular formula is C32H27BO3. The van der Waals surface area contributed by atoms with Gasteiger partial charge in [-0.05, 0) is 96.2 Å². The molecule has 7 rings (SSSR count). The summed E-state index contributed by atoms with van der Waals surface area (Å²) in [4.78, 5) is 0. The molecule has 2 heterocycles. The topological polar surface area (TPSA) is 31.6 Å². The van der Waals surface area contributed by atoms with E-state index < -0.39 is 7.12 Å². The molecule has 0 bridgehead atoms. The van der Waals surface area contributed by atoms with E-state index in [0.717, 1.165) is 43.9 Å². The van der Waals surface area contributed by atoms with Gasteiger partial charge in [0.05, 0.1) is 11.2 Å². The Morgan fingerprint density at radius 1 is 0.528 bits per heavy atom. The van der Waals surface area contributed by atoms with Crippen molar-refractivity contribution in [3.05, 3.63) is 91.0 Å². The summed E-state index contributed by atoms with van der Waals surface area (Å²) in [6, 6.07) is 32.2. The van der Waals surface area contributed by atoms with Gasteiger partial charge in [-0.3, -0.25) is 0 Å². The molecule has 4 heteroatoms. The van der Waals surface area contributed by atoms with Crippen LogP contribution in [0.1, 0.15) is 27.7 Å². The molecule has 3 nitrogen and oxygen atoms in total. The summed E-state index contributed by atoms with van der Waals surface area (Å²) in [5, 5.41) is 7.01. The fraction of sp³-hybridized carbons (Fsp3) is 0.188. The van der Waals surface area contributed by atoms with E-state index in [1.54, 1.807) is 0 Å². The Kier molecular flexibility index (Phi) is 4.49. The van der Waals surface area contributed by atoms with E-state index in [1.807, 2.05) is 0 Å². The van der Waals surface area contributed by atoms with Crippen LogP contribution in [0.3, 0.4) is 0 Å². The van der Waals surface area contributed by atoms with Gasteiger partial charge in [0.25, 0.3) is 0 Å². The largest absolute Gasteiger partial charge is 0.495 e. The van der Waals surface area contributed by atoms with Crippen molar-refractivity contribution in [1.82, 2.24) is 0 Å². The predicted molar refractivity (Wildman–Crippen MR) is 150 cm³/mol. The molecule has 6 aromatic rings. The molecule has 1 saturated heterocycles. The van der Waals surface area contributed by atoms with Crippen molar-refractivity contribution in [1.29, 1.82) is 0 Å². The minimum Gasteiger partial charge on any atom is -0.456 e. The lowest BCUT2D eigenvalue weighted by Crippen LogP contribution is -2.41. The quantitative estimate of drug-likeness (QED) is 0.242. The van der Waals surface area contributed by atoms with Gasteiger partial charge in [0, 0.05) is 10.8 Å². The van der Waals surface area contributed by atoms with Crippen molar-refractivity contribution in [2.75, 3.05) is 0 Å². The molecule has 1 aromatic heterocycles. The Hall–Kier alpha value is -3.60. The summed E-state index contributed by atoms with van der Waals surface area (Å²) < 4.78 is 19.0. The highest BCUT2D eigenvalue weighted by molar-refractivity contribution is 6.65. The zero-order valence-corrected chi connectivity index (χ0v) is 21.0. The van der Waals surface area contributed by atoms with Crippen LogP contribution in [-0.2, 0) is 9.31 Å². The van der Waals surface area contributed by atoms with Crippen LogP contribution in [0.15, 0.2) is 95.4 Å². The highest BCUT2D eigenvalue weighted by Crippen LogP contribution is 2.38. The first-order valence-electron chi connectivity index (χ1n) is 12.5. The van der Waals surface area contributed by atoms with E-state index in [9.17, 15) is 0 Å². The van der Waals surface area contributed by atoms with Crippen molar-refractivity contribution in [2.45, 2.75) is 38.9 Å². The van der Waals surface area contributed by atoms with Gasteiger partial charge < -0.3 is 13.7 Å². The van der Waals surface area contributed by atoms with Crippen LogP contribution < -0.4 is 5.46 Å². The molecular weight excluding hydrogens is 443 g/mol. The van der Waals surface area contributed by atoms with Gasteiger partial charge in [-0.15, -0.1) is 0 Å². The van der Waals surface area contributed by atoms with Gasteiger partial charge in [0.15, 0.2) is 0 Å². The van der Waals surface area contributed by atoms with Crippen LogP contribution in [-0.4, -0.2) is 18.3 Å². The third kappa shape index (κ3) is 3.22. The second-order valence-electron chi connectivity index (χ2n) is 10.9. The lowest BCUT2D eigenvalue weighted by Gasteiger charge is -2.32. The number of rotatable bonds is 2. The van der Waals surface area contributed by atoms with Crippen LogP contribution in [0.4, 0.5) is 0 Å². The molecule has 36 heavy (non-hydrogen) atoms. The Labute approximate surface area is 210 Å². The summed E-state index contributed by atoms with van der Waals surface area (Å²) >= 11 is 0. The molecule has 1 aliphatic rings. The predicted octanol–water partition coefficient (Wildman–Crippen LogP) is 7.86. The van der Waals surface area contributed by atoms with Crippen LogP contribution in [0.25, 0.3) is 54.6 Å². The molecule has 0 unspecified atom stereocenters. The van der Waals surface area contributed by atoms with E-state index in [2.05, 4.69) is 119 Å². The molecule has 0 saturated carbocycles. The van der Waals surface area contributed by atoms with Gasteiger partial charge in [-0.2, -0.15) is 0 Å². The first kappa shape index (κ1) is 21.7. The maximum absolute atomic E-state index is 6.40. The maximum atomic E-state index is 6.40. The zero-order valence-electron chi connectivity index (χ0n) is 21.0. The van der Waals surface area contributed by atoms with Crippen molar-refractivity contribution >= 4 is 56.1 Å². The van der Waals surface area contributed by atoms with Crippen LogP contribution in [0.2, 0.25) is 0 Å². The Balaban J connectivity index is 1.37. The minimum absolute atomic E-state index is 0.380. The van der Waals surface area contributed by atoms with E-state index in [0.29, 0.717) is 0 Å². The number of hydrogen-bond donors (Lipinski definition) is 0. The summed E-state index contributed by atoms with van der Waals surface area (Å²) in [6.07, 6.45) is 0. The fourth-order valence-electron chi connectivity index (χ4n) is 5.29. The highest BCUT2D eigenvalue weighted by atomic mass is 16.7. The van der Waals surface area contributed by atoms with E-state index >= 15 is 0 Å². The number of hydrogen-bond acceptors (Lipinski definition) is 3. The highest BCUT2D eigenvalue weighted by Gasteiger charge is 2.52. The summed E-state index contributed by atoms with van der Waals surface area (Å²) in [7, 11) is -0.400. The van der Waals surface area contributed by atoms with Gasteiger partial charge >= 0.3 is 7.12 Å². The molecule has 1 fully saturated rings. The summed E-state index contributed by atoms with van der Waals surface area (Å²) in [5.41, 5.74) is 4.44. The Morgan fingerprint density at radius 3 is 1.89 bits per heavy atom. The first-order chi connectivity index (χ1) is 17.3. The number of furan rings is 1. The fourth-order valence-corrected chi connectivity index (χ4v) is 5.29. The van der Waals surface area contributed by atoms with Crippen LogP contribution in [0.5, 0.6) is 0 Å². The lowest BCUT2D eigenvalue weighted by molar-refractivity contribution is 0.00578. The number of benzene rings is 5. The molecule has 0 atom stereocenters. The van der Waals surface area contributed by atoms with Crippen LogP contribution >= 0.6 is 0 Å². The third-order valence-electron chi connectivity index (χ3n) is 8.09. The first-order valence-corrected chi connectivity index (χ1v) is 12.5. The monoisotopic (exact) mass is 470 g/mol. The molecule has 0 amide bonds. The SMILES string of the molecule is CC1(C)OB(c2cccc3ccc(-c4ccc5oc6cc7ccccc7cc6c5c4)cc23)OC1(C)C. The van der Waals surface area contributed by atoms with Gasteiger partial charge in [-0.25, -0.2) is 0 Å². The molecule has 0 aliphatic carbocycles. The van der Waals surface area contributed by atoms with Gasteiger partial charge in [-0.1, -0.05) is 60.7 Å². The zero-order chi connectivity index (χ0) is 24.7. The van der Waals surface area contributed by atoms with Crippen LogP contribution in [0, 0.1) is 0 Å². The number of fused-ring (bicyclic) bond motifs is 5. The van der Waals surface area contributed by atoms with Crippen molar-refractivity contribution in [3.8, 4) is 11.1 Å². The second kappa shape index (κ2) is 7.46. The van der Waals surface area contributed by atoms with Crippen molar-refractivity contribution < 1.29 is 13.7 Å². The summed E-state index contributed by atoms with van der Waals surface area (Å²) in [6.45, 7) is 8.38. The Bertz CT molecular complexity index is 1800. The Morgan fingerprint density at radius 2 is 1.14 bits per heavy atom. The lowest BCUT2D eigenvalue weighted by atomic mass is 9.75. The average Bonchev–Trinajstić information content (AvgIpc) is 3.33. The van der Waals surface area contributed by atoms with E-state index in [4.69, 9.17) is 13.7 Å². The molecule has 0 N–H and O–H groups in total. The van der Waals surface area contributed by atoms with Gasteiger partial charge in [0.2, 0.25) is 0 Å². The van der Waals surface area contributed by atoms with E-state index in [-0.39, 0.29) is 11.2 Å². The van der Waals surface area contributed by atoms with Gasteiger partial charge in [0.1, 0.15) is 11.2 Å². The van der Waals surface area contributed by atoms with Crippen molar-refractivity contribution in [3.63, 3.8) is 0 Å². The average molecular weight is 470 g/mol. The normalized spacial score (nSPS) is 17.1. The molecule has 5 aromatic carbocycles. The smallest absolute Gasteiger partial charge is 0.456 e. The molecule has 0 radical (unpaired) electrons. The summed E-state index contributed by atoms with van der Waals surface area (Å²) in [5.74, 6) is 0. The molecule has 176 valence electrons. The maximum Gasteiger partial charge on any atom is 0.495 e. The molecule has 1 aliphatic heterocycles. The third-order valence-corrected chi connectivity index (χ3v) is 8.09.